The van der Waals surface area contributed by atoms with E-state index in [1.165, 1.54) is 64.2 Å². The van der Waals surface area contributed by atoms with Crippen molar-refractivity contribution in [3.05, 3.63) is 11.1 Å². The Balaban J connectivity index is 3.58. The molecule has 0 amide bonds. The first-order chi connectivity index (χ1) is 10.6. The number of nitrogens with two attached hydrogens (primary N) is 1. The second-order valence-corrected chi connectivity index (χ2v) is 6.26. The monoisotopic (exact) mass is 311 g/mol. The van der Waals surface area contributed by atoms with Crippen LogP contribution < -0.4 is 5.73 Å². The Morgan fingerprint density at radius 2 is 1.36 bits per heavy atom. The van der Waals surface area contributed by atoms with Crippen molar-refractivity contribution in [1.82, 2.24) is 0 Å². The Labute approximate surface area is 137 Å². The van der Waals surface area contributed by atoms with Gasteiger partial charge in [0.2, 0.25) is 0 Å². The summed E-state index contributed by atoms with van der Waals surface area (Å²) in [6, 6.07) is 0. The fraction of sp³-hybridized carbons (Fsp3) is 0.842. The van der Waals surface area contributed by atoms with Crippen molar-refractivity contribution in [2.45, 2.75) is 91.4 Å². The summed E-state index contributed by atoms with van der Waals surface area (Å²) in [6.07, 6.45) is 14.4. The maximum Gasteiger partial charge on any atom is 0.333 e. The molecule has 0 spiro atoms. The van der Waals surface area contributed by atoms with E-state index in [0.29, 0.717) is 13.2 Å². The number of rotatable bonds is 14. The Morgan fingerprint density at radius 1 is 0.864 bits per heavy atom. The first-order valence-electron chi connectivity index (χ1n) is 9.17. The van der Waals surface area contributed by atoms with Crippen LogP contribution in [-0.4, -0.2) is 19.1 Å². The predicted molar refractivity (Wildman–Crippen MR) is 94.8 cm³/mol. The summed E-state index contributed by atoms with van der Waals surface area (Å²) in [5.74, 6) is -0.213. The predicted octanol–water partition coefficient (Wildman–Crippen LogP) is 5.14. The van der Waals surface area contributed by atoms with Gasteiger partial charge in [-0.2, -0.15) is 0 Å². The molecule has 2 N–H and O–H groups in total. The molecule has 0 unspecified atom stereocenters. The van der Waals surface area contributed by atoms with Crippen LogP contribution in [0.1, 0.15) is 91.4 Å². The van der Waals surface area contributed by atoms with Crippen molar-refractivity contribution in [1.29, 1.82) is 0 Å². The third-order valence-corrected chi connectivity index (χ3v) is 4.20. The van der Waals surface area contributed by atoms with Crippen LogP contribution >= 0.6 is 0 Å². The number of carbonyl (C=O) groups is 1. The molecule has 0 aromatic rings. The number of allylic oxidation sites excluding steroid dienone is 1. The van der Waals surface area contributed by atoms with Crippen molar-refractivity contribution in [3.63, 3.8) is 0 Å². The molecule has 3 nitrogen and oxygen atoms in total. The maximum atomic E-state index is 11.7. The first-order valence-corrected chi connectivity index (χ1v) is 9.17. The average molecular weight is 312 g/mol. The molecular weight excluding hydrogens is 274 g/mol. The van der Waals surface area contributed by atoms with E-state index < -0.39 is 0 Å². The van der Waals surface area contributed by atoms with Gasteiger partial charge in [-0.3, -0.25) is 0 Å². The molecule has 3 heteroatoms. The van der Waals surface area contributed by atoms with Crippen LogP contribution in [0.5, 0.6) is 0 Å². The minimum atomic E-state index is -0.213. The zero-order chi connectivity index (χ0) is 16.6. The van der Waals surface area contributed by atoms with Crippen LogP contribution in [0.2, 0.25) is 0 Å². The van der Waals surface area contributed by atoms with Crippen molar-refractivity contribution < 1.29 is 9.53 Å². The molecule has 22 heavy (non-hydrogen) atoms. The van der Waals surface area contributed by atoms with Crippen LogP contribution in [0.4, 0.5) is 0 Å². The van der Waals surface area contributed by atoms with Gasteiger partial charge in [0.25, 0.3) is 0 Å². The van der Waals surface area contributed by atoms with Crippen LogP contribution in [0.25, 0.3) is 0 Å². The molecule has 0 bridgehead atoms. The largest absolute Gasteiger partial charge is 0.461 e. The highest BCUT2D eigenvalue weighted by molar-refractivity contribution is 5.88. The lowest BCUT2D eigenvalue weighted by Gasteiger charge is -2.08. The Morgan fingerprint density at radius 3 is 1.86 bits per heavy atom. The summed E-state index contributed by atoms with van der Waals surface area (Å²) < 4.78 is 5.05. The maximum absolute atomic E-state index is 11.7. The third kappa shape index (κ3) is 11.8. The summed E-state index contributed by atoms with van der Waals surface area (Å²) >= 11 is 0. The molecule has 0 rings (SSSR count). The summed E-state index contributed by atoms with van der Waals surface area (Å²) in [5.41, 5.74) is 7.24. The van der Waals surface area contributed by atoms with E-state index in [9.17, 15) is 4.79 Å². The minimum absolute atomic E-state index is 0.213. The van der Waals surface area contributed by atoms with Gasteiger partial charge in [-0.25, -0.2) is 4.79 Å². The van der Waals surface area contributed by atoms with E-state index in [1.54, 1.807) is 0 Å². The molecule has 0 aliphatic carbocycles. The number of carbonyl (C=O) groups excluding carboxylic acids is 1. The smallest absolute Gasteiger partial charge is 0.333 e. The van der Waals surface area contributed by atoms with E-state index in [0.717, 1.165) is 17.6 Å². The van der Waals surface area contributed by atoms with Crippen LogP contribution in [0.15, 0.2) is 11.1 Å². The fourth-order valence-corrected chi connectivity index (χ4v) is 2.50. The van der Waals surface area contributed by atoms with Gasteiger partial charge in [-0.15, -0.1) is 0 Å². The standard InChI is InChI=1S/C19H37NO2/c1-4-5-6-7-8-9-10-11-12-13-14-17(2)18(3)19(21)22-16-15-20/h4-16,20H2,1-3H3. The van der Waals surface area contributed by atoms with E-state index in [2.05, 4.69) is 6.92 Å². The molecule has 130 valence electrons. The molecule has 0 aromatic carbocycles. The van der Waals surface area contributed by atoms with Crippen molar-refractivity contribution in [2.75, 3.05) is 13.2 Å². The van der Waals surface area contributed by atoms with Crippen molar-refractivity contribution >= 4 is 5.97 Å². The van der Waals surface area contributed by atoms with Gasteiger partial charge >= 0.3 is 5.97 Å². The molecule has 0 fully saturated rings. The Bertz CT molecular complexity index is 311. The molecule has 0 radical (unpaired) electrons. The molecule has 0 aliphatic rings. The van der Waals surface area contributed by atoms with Gasteiger partial charge in [0, 0.05) is 12.1 Å². The topological polar surface area (TPSA) is 52.3 Å². The summed E-state index contributed by atoms with van der Waals surface area (Å²) in [4.78, 5) is 11.7. The zero-order valence-electron chi connectivity index (χ0n) is 15.1. The molecule has 0 saturated carbocycles. The number of unbranched alkanes of at least 4 members (excludes halogenated alkanes) is 9. The second kappa shape index (κ2) is 15.1. The Kier molecular flexibility index (Phi) is 14.5. The Hall–Kier alpha value is -0.830. The molecule has 0 heterocycles. The SMILES string of the molecule is CCCCCCCCCCCCC(C)=C(C)C(=O)OCCN. The zero-order valence-corrected chi connectivity index (χ0v) is 15.1. The first kappa shape index (κ1) is 21.2. The van der Waals surface area contributed by atoms with Gasteiger partial charge in [-0.1, -0.05) is 70.3 Å². The van der Waals surface area contributed by atoms with Crippen molar-refractivity contribution in [2.24, 2.45) is 5.73 Å². The van der Waals surface area contributed by atoms with Crippen LogP contribution in [-0.2, 0) is 9.53 Å². The number of ether oxygens (including phenoxy) is 1. The van der Waals surface area contributed by atoms with Gasteiger partial charge in [0.05, 0.1) is 0 Å². The highest BCUT2D eigenvalue weighted by Crippen LogP contribution is 2.16. The van der Waals surface area contributed by atoms with Crippen LogP contribution in [0.3, 0.4) is 0 Å². The lowest BCUT2D eigenvalue weighted by Crippen LogP contribution is -2.14. The van der Waals surface area contributed by atoms with Gasteiger partial charge in [-0.05, 0) is 26.7 Å². The summed E-state index contributed by atoms with van der Waals surface area (Å²) in [5, 5.41) is 0. The minimum Gasteiger partial charge on any atom is -0.461 e. The van der Waals surface area contributed by atoms with E-state index in [-0.39, 0.29) is 5.97 Å². The fourth-order valence-electron chi connectivity index (χ4n) is 2.50. The van der Waals surface area contributed by atoms with E-state index in [1.807, 2.05) is 13.8 Å². The molecule has 0 saturated heterocycles. The lowest BCUT2D eigenvalue weighted by molar-refractivity contribution is -0.138. The third-order valence-electron chi connectivity index (χ3n) is 4.20. The molecular formula is C19H37NO2. The lowest BCUT2D eigenvalue weighted by atomic mass is 10.0. The normalized spacial score (nSPS) is 12.2. The van der Waals surface area contributed by atoms with Crippen molar-refractivity contribution in [3.8, 4) is 0 Å². The van der Waals surface area contributed by atoms with Gasteiger partial charge in [0.15, 0.2) is 0 Å². The summed E-state index contributed by atoms with van der Waals surface area (Å²) in [7, 11) is 0. The number of esters is 1. The summed E-state index contributed by atoms with van der Waals surface area (Å²) in [6.45, 7) is 6.84. The highest BCUT2D eigenvalue weighted by Gasteiger charge is 2.08. The van der Waals surface area contributed by atoms with E-state index in [4.69, 9.17) is 10.5 Å². The highest BCUT2D eigenvalue weighted by atomic mass is 16.5. The molecule has 0 aliphatic heterocycles. The van der Waals surface area contributed by atoms with Crippen LogP contribution in [0, 0.1) is 0 Å². The second-order valence-electron chi connectivity index (χ2n) is 6.26. The van der Waals surface area contributed by atoms with Gasteiger partial charge in [0.1, 0.15) is 6.61 Å². The number of hydrogen-bond acceptors (Lipinski definition) is 3. The van der Waals surface area contributed by atoms with E-state index >= 15 is 0 Å². The number of hydrogen-bond donors (Lipinski definition) is 1. The molecule has 0 aromatic heterocycles. The van der Waals surface area contributed by atoms with Gasteiger partial charge < -0.3 is 10.5 Å². The quantitative estimate of drug-likeness (QED) is 0.275. The average Bonchev–Trinajstić information content (AvgIpc) is 2.53. The molecule has 0 atom stereocenters.